The van der Waals surface area contributed by atoms with Crippen molar-refractivity contribution in [3.63, 3.8) is 0 Å². The van der Waals surface area contributed by atoms with Crippen LogP contribution in [0.25, 0.3) is 11.0 Å². The maximum Gasteiger partial charge on any atom is 0.246 e. The monoisotopic (exact) mass is 367 g/mol. The summed E-state index contributed by atoms with van der Waals surface area (Å²) in [5.74, 6) is -0.270. The van der Waals surface area contributed by atoms with Crippen LogP contribution in [0.15, 0.2) is 23.6 Å². The van der Waals surface area contributed by atoms with Crippen molar-refractivity contribution in [1.29, 1.82) is 0 Å². The number of alkyl halides is 1. The summed E-state index contributed by atoms with van der Waals surface area (Å²) in [6.45, 7) is 5.81. The number of carbonyl (C=O) groups is 1. The second-order valence-electron chi connectivity index (χ2n) is 5.33. The molecule has 0 N–H and O–H groups in total. The van der Waals surface area contributed by atoms with Crippen LogP contribution in [-0.2, 0) is 4.79 Å². The van der Waals surface area contributed by atoms with E-state index in [4.69, 9.17) is 0 Å². The number of fused-ring (bicyclic) bond motifs is 1. The largest absolute Gasteiger partial charge is 0.334 e. The average molecular weight is 368 g/mol. The van der Waals surface area contributed by atoms with Crippen LogP contribution in [0.5, 0.6) is 0 Å². The summed E-state index contributed by atoms with van der Waals surface area (Å²) in [5, 5.41) is 5.24. The molecule has 0 saturated carbocycles. The molecule has 2 aromatic heterocycles. The molecule has 1 fully saturated rings. The Kier molecular flexibility index (Phi) is 3.94. The minimum absolute atomic E-state index is 0.0930. The summed E-state index contributed by atoms with van der Waals surface area (Å²) in [7, 11) is 0. The van der Waals surface area contributed by atoms with Crippen molar-refractivity contribution in [1.82, 2.24) is 24.6 Å². The van der Waals surface area contributed by atoms with E-state index in [9.17, 15) is 9.18 Å². The number of nitrogens with zero attached hydrogens (tertiary/aromatic N) is 5. The minimum atomic E-state index is -1.09. The van der Waals surface area contributed by atoms with E-state index in [2.05, 4.69) is 37.6 Å². The van der Waals surface area contributed by atoms with Crippen LogP contribution in [0.3, 0.4) is 0 Å². The first-order valence-corrected chi connectivity index (χ1v) is 7.71. The molecule has 0 aromatic carbocycles. The highest BCUT2D eigenvalue weighted by Crippen LogP contribution is 2.30. The number of aromatic nitrogens is 4. The van der Waals surface area contributed by atoms with Gasteiger partial charge in [0.15, 0.2) is 5.65 Å². The molecular formula is C14H15BrFN5O. The molecule has 1 saturated heterocycles. The summed E-state index contributed by atoms with van der Waals surface area (Å²) in [5.41, 5.74) is 1.44. The lowest BCUT2D eigenvalue weighted by molar-refractivity contribution is -0.129. The predicted octanol–water partition coefficient (Wildman–Crippen LogP) is 2.19. The Morgan fingerprint density at radius 2 is 2.27 bits per heavy atom. The molecule has 3 rings (SSSR count). The van der Waals surface area contributed by atoms with Gasteiger partial charge in [0.25, 0.3) is 0 Å². The van der Waals surface area contributed by atoms with Gasteiger partial charge < -0.3 is 4.90 Å². The molecule has 0 spiro atoms. The SMILES string of the molecule is C=CC(=O)N1C[C@H](F)C[C@@H](n2nc(Br)c3c(C)ncnc32)C1. The van der Waals surface area contributed by atoms with E-state index in [-0.39, 0.29) is 18.5 Å². The van der Waals surface area contributed by atoms with E-state index < -0.39 is 6.17 Å². The van der Waals surface area contributed by atoms with Gasteiger partial charge in [-0.25, -0.2) is 19.0 Å². The summed E-state index contributed by atoms with van der Waals surface area (Å²) in [6.07, 6.45) is 1.87. The number of piperidine rings is 1. The number of halogens is 2. The first-order valence-electron chi connectivity index (χ1n) is 6.92. The highest BCUT2D eigenvalue weighted by molar-refractivity contribution is 9.10. The molecule has 3 heterocycles. The van der Waals surface area contributed by atoms with Crippen LogP contribution in [-0.4, -0.2) is 49.8 Å². The first kappa shape index (κ1) is 15.1. The quantitative estimate of drug-likeness (QED) is 0.763. The fraction of sp³-hybridized carbons (Fsp3) is 0.429. The smallest absolute Gasteiger partial charge is 0.246 e. The van der Waals surface area contributed by atoms with Gasteiger partial charge >= 0.3 is 0 Å². The Bertz CT molecular complexity index is 746. The van der Waals surface area contributed by atoms with Crippen molar-refractivity contribution in [3.05, 3.63) is 29.3 Å². The Labute approximate surface area is 135 Å². The van der Waals surface area contributed by atoms with Crippen LogP contribution in [0.2, 0.25) is 0 Å². The molecule has 116 valence electrons. The van der Waals surface area contributed by atoms with Gasteiger partial charge in [-0.2, -0.15) is 5.10 Å². The van der Waals surface area contributed by atoms with Gasteiger partial charge in [0.05, 0.1) is 23.7 Å². The molecule has 2 aromatic rings. The summed E-state index contributed by atoms with van der Waals surface area (Å²) in [4.78, 5) is 21.7. The lowest BCUT2D eigenvalue weighted by Crippen LogP contribution is -2.45. The van der Waals surface area contributed by atoms with Crippen LogP contribution in [0, 0.1) is 6.92 Å². The zero-order valence-corrected chi connectivity index (χ0v) is 13.6. The average Bonchev–Trinajstić information content (AvgIpc) is 2.84. The van der Waals surface area contributed by atoms with Gasteiger partial charge in [-0.05, 0) is 28.9 Å². The third-order valence-electron chi connectivity index (χ3n) is 3.85. The molecule has 1 aliphatic rings. The molecule has 0 bridgehead atoms. The number of rotatable bonds is 2. The highest BCUT2D eigenvalue weighted by Gasteiger charge is 2.32. The maximum atomic E-state index is 14.0. The lowest BCUT2D eigenvalue weighted by atomic mass is 10.0. The summed E-state index contributed by atoms with van der Waals surface area (Å²) < 4.78 is 16.4. The number of hydrogen-bond donors (Lipinski definition) is 0. The zero-order chi connectivity index (χ0) is 15.9. The number of carbonyl (C=O) groups excluding carboxylic acids is 1. The third kappa shape index (κ3) is 2.51. The topological polar surface area (TPSA) is 63.9 Å². The molecule has 2 atom stereocenters. The van der Waals surface area contributed by atoms with E-state index in [1.165, 1.54) is 17.3 Å². The Hall–Kier alpha value is -1.83. The number of likely N-dealkylation sites (tertiary alicyclic amines) is 1. The predicted molar refractivity (Wildman–Crippen MR) is 83.1 cm³/mol. The Balaban J connectivity index is 2.01. The third-order valence-corrected chi connectivity index (χ3v) is 4.40. The standard InChI is InChI=1S/C14H15BrFN5O/c1-3-11(22)20-5-9(16)4-10(6-20)21-14-12(13(15)19-21)8(2)17-7-18-14/h3,7,9-10H,1,4-6H2,2H3/t9-,10-/m1/s1. The first-order chi connectivity index (χ1) is 10.5. The highest BCUT2D eigenvalue weighted by atomic mass is 79.9. The van der Waals surface area contributed by atoms with Crippen LogP contribution < -0.4 is 0 Å². The molecule has 22 heavy (non-hydrogen) atoms. The minimum Gasteiger partial charge on any atom is -0.334 e. The maximum absolute atomic E-state index is 14.0. The second kappa shape index (κ2) is 5.75. The van der Waals surface area contributed by atoms with Crippen molar-refractivity contribution in [2.24, 2.45) is 0 Å². The molecule has 1 amide bonds. The van der Waals surface area contributed by atoms with Gasteiger partial charge in [0, 0.05) is 13.0 Å². The number of amides is 1. The van der Waals surface area contributed by atoms with E-state index in [0.29, 0.717) is 23.2 Å². The zero-order valence-electron chi connectivity index (χ0n) is 12.0. The van der Waals surface area contributed by atoms with Crippen molar-refractivity contribution < 1.29 is 9.18 Å². The molecule has 6 nitrogen and oxygen atoms in total. The van der Waals surface area contributed by atoms with E-state index in [1.807, 2.05) is 6.92 Å². The van der Waals surface area contributed by atoms with Gasteiger partial charge in [-0.3, -0.25) is 4.79 Å². The van der Waals surface area contributed by atoms with Crippen LogP contribution in [0.4, 0.5) is 4.39 Å². The van der Waals surface area contributed by atoms with Gasteiger partial charge in [0.2, 0.25) is 5.91 Å². The molecule has 0 aliphatic carbocycles. The van der Waals surface area contributed by atoms with Gasteiger partial charge in [-0.15, -0.1) is 0 Å². The lowest BCUT2D eigenvalue weighted by Gasteiger charge is -2.34. The summed E-state index contributed by atoms with van der Waals surface area (Å²) >= 11 is 3.41. The van der Waals surface area contributed by atoms with Crippen molar-refractivity contribution in [2.45, 2.75) is 25.6 Å². The van der Waals surface area contributed by atoms with Crippen LogP contribution in [0.1, 0.15) is 18.2 Å². The Morgan fingerprint density at radius 1 is 1.50 bits per heavy atom. The fourth-order valence-electron chi connectivity index (χ4n) is 2.82. The molecule has 8 heteroatoms. The van der Waals surface area contributed by atoms with Crippen molar-refractivity contribution in [2.75, 3.05) is 13.1 Å². The molecular weight excluding hydrogens is 353 g/mol. The normalized spacial score (nSPS) is 22.0. The fourth-order valence-corrected chi connectivity index (χ4v) is 3.46. The van der Waals surface area contributed by atoms with Gasteiger partial charge in [0.1, 0.15) is 17.1 Å². The van der Waals surface area contributed by atoms with Gasteiger partial charge in [-0.1, -0.05) is 6.58 Å². The Morgan fingerprint density at radius 3 is 3.00 bits per heavy atom. The number of aryl methyl sites for hydroxylation is 1. The molecule has 0 unspecified atom stereocenters. The van der Waals surface area contributed by atoms with Crippen molar-refractivity contribution >= 4 is 32.9 Å². The molecule has 0 radical (unpaired) electrons. The molecule has 1 aliphatic heterocycles. The number of hydrogen-bond acceptors (Lipinski definition) is 4. The van der Waals surface area contributed by atoms with E-state index in [1.54, 1.807) is 4.68 Å². The second-order valence-corrected chi connectivity index (χ2v) is 6.08. The van der Waals surface area contributed by atoms with E-state index in [0.717, 1.165) is 11.1 Å². The van der Waals surface area contributed by atoms with E-state index >= 15 is 0 Å². The van der Waals surface area contributed by atoms with Crippen LogP contribution >= 0.6 is 15.9 Å². The van der Waals surface area contributed by atoms with Crippen molar-refractivity contribution in [3.8, 4) is 0 Å². The summed E-state index contributed by atoms with van der Waals surface area (Å²) in [6, 6.07) is -0.268.